The van der Waals surface area contributed by atoms with Crippen molar-refractivity contribution in [2.45, 2.75) is 39.0 Å². The van der Waals surface area contributed by atoms with E-state index in [1.807, 2.05) is 24.3 Å². The standard InChI is InChI=1S/C17H25NO3S/c1-4-17(2,3)15-8-6-14(7-9-15)16(19)18-10-5-12-22(20,21)13-11-18/h6-9H,4-5,10-13H2,1-3H3. The summed E-state index contributed by atoms with van der Waals surface area (Å²) in [6.07, 6.45) is 1.55. The summed E-state index contributed by atoms with van der Waals surface area (Å²) in [5.74, 6) is 0.179. The Morgan fingerprint density at radius 2 is 1.77 bits per heavy atom. The lowest BCUT2D eigenvalue weighted by atomic mass is 9.82. The van der Waals surface area contributed by atoms with Crippen molar-refractivity contribution >= 4 is 15.7 Å². The van der Waals surface area contributed by atoms with Crippen LogP contribution in [0.3, 0.4) is 0 Å². The van der Waals surface area contributed by atoms with E-state index in [-0.39, 0.29) is 22.8 Å². The molecule has 0 radical (unpaired) electrons. The molecule has 1 aromatic carbocycles. The van der Waals surface area contributed by atoms with Crippen LogP contribution in [-0.2, 0) is 15.3 Å². The van der Waals surface area contributed by atoms with Crippen LogP contribution in [0.1, 0.15) is 49.5 Å². The molecule has 0 N–H and O–H groups in total. The molecule has 1 aliphatic rings. The van der Waals surface area contributed by atoms with E-state index in [0.717, 1.165) is 6.42 Å². The molecule has 0 saturated carbocycles. The van der Waals surface area contributed by atoms with Crippen molar-refractivity contribution in [3.63, 3.8) is 0 Å². The van der Waals surface area contributed by atoms with Gasteiger partial charge in [-0.15, -0.1) is 0 Å². The SMILES string of the molecule is CCC(C)(C)c1ccc(C(=O)N2CCCS(=O)(=O)CC2)cc1. The Bertz CT molecular complexity index is 632. The van der Waals surface area contributed by atoms with E-state index in [9.17, 15) is 13.2 Å². The Kier molecular flexibility index (Phi) is 4.95. The quantitative estimate of drug-likeness (QED) is 0.859. The van der Waals surface area contributed by atoms with Gasteiger partial charge in [0, 0.05) is 18.7 Å². The number of carbonyl (C=O) groups excluding carboxylic acids is 1. The summed E-state index contributed by atoms with van der Waals surface area (Å²) in [7, 11) is -2.99. The molecule has 1 aromatic rings. The predicted octanol–water partition coefficient (Wildman–Crippen LogP) is 2.63. The molecule has 5 heteroatoms. The lowest BCUT2D eigenvalue weighted by molar-refractivity contribution is 0.0768. The number of hydrogen-bond acceptors (Lipinski definition) is 3. The number of nitrogens with zero attached hydrogens (tertiary/aromatic N) is 1. The van der Waals surface area contributed by atoms with Gasteiger partial charge in [-0.25, -0.2) is 8.42 Å². The molecule has 0 bridgehead atoms. The summed E-state index contributed by atoms with van der Waals surface area (Å²) in [5.41, 5.74) is 1.94. The van der Waals surface area contributed by atoms with Crippen LogP contribution in [0.5, 0.6) is 0 Å². The van der Waals surface area contributed by atoms with Crippen LogP contribution in [0.15, 0.2) is 24.3 Å². The first kappa shape index (κ1) is 17.0. The third-order valence-electron chi connectivity index (χ3n) is 4.64. The monoisotopic (exact) mass is 323 g/mol. The van der Waals surface area contributed by atoms with Gasteiger partial charge in [-0.3, -0.25) is 4.79 Å². The third kappa shape index (κ3) is 3.88. The van der Waals surface area contributed by atoms with E-state index in [2.05, 4.69) is 20.8 Å². The van der Waals surface area contributed by atoms with E-state index in [1.165, 1.54) is 5.56 Å². The van der Waals surface area contributed by atoms with Crippen LogP contribution in [0.4, 0.5) is 0 Å². The van der Waals surface area contributed by atoms with Gasteiger partial charge in [0.1, 0.15) is 0 Å². The van der Waals surface area contributed by atoms with Crippen LogP contribution in [0.25, 0.3) is 0 Å². The van der Waals surface area contributed by atoms with E-state index in [1.54, 1.807) is 4.90 Å². The first-order valence-corrected chi connectivity index (χ1v) is 9.67. The number of hydrogen-bond donors (Lipinski definition) is 0. The average molecular weight is 323 g/mol. The molecule has 0 aliphatic carbocycles. The normalized spacial score (nSPS) is 18.8. The molecule has 1 aliphatic heterocycles. The van der Waals surface area contributed by atoms with Gasteiger partial charge in [-0.1, -0.05) is 32.9 Å². The van der Waals surface area contributed by atoms with Crippen LogP contribution in [-0.4, -0.2) is 43.8 Å². The zero-order valence-corrected chi connectivity index (χ0v) is 14.4. The molecular weight excluding hydrogens is 298 g/mol. The fraction of sp³-hybridized carbons (Fsp3) is 0.588. The molecule has 4 nitrogen and oxygen atoms in total. The predicted molar refractivity (Wildman–Crippen MR) is 88.9 cm³/mol. The molecular formula is C17H25NO3S. The Morgan fingerprint density at radius 1 is 1.14 bits per heavy atom. The Morgan fingerprint density at radius 3 is 2.36 bits per heavy atom. The summed E-state index contributed by atoms with van der Waals surface area (Å²) >= 11 is 0. The Labute approximate surface area is 133 Å². The molecule has 0 atom stereocenters. The van der Waals surface area contributed by atoms with Gasteiger partial charge >= 0.3 is 0 Å². The number of sulfone groups is 1. The zero-order chi connectivity index (χ0) is 16.4. The van der Waals surface area contributed by atoms with Crippen molar-refractivity contribution in [2.75, 3.05) is 24.6 Å². The van der Waals surface area contributed by atoms with E-state index in [0.29, 0.717) is 25.1 Å². The first-order valence-electron chi connectivity index (χ1n) is 7.85. The minimum atomic E-state index is -2.99. The van der Waals surface area contributed by atoms with Gasteiger partial charge in [-0.2, -0.15) is 0 Å². The van der Waals surface area contributed by atoms with Gasteiger partial charge in [0.2, 0.25) is 0 Å². The number of amides is 1. The lowest BCUT2D eigenvalue weighted by Crippen LogP contribution is -2.33. The second-order valence-electron chi connectivity index (χ2n) is 6.61. The molecule has 0 unspecified atom stereocenters. The average Bonchev–Trinajstić information content (AvgIpc) is 2.67. The largest absolute Gasteiger partial charge is 0.338 e. The van der Waals surface area contributed by atoms with Crippen LogP contribution < -0.4 is 0 Å². The Hall–Kier alpha value is -1.36. The third-order valence-corrected chi connectivity index (χ3v) is 6.36. The van der Waals surface area contributed by atoms with Gasteiger partial charge in [0.05, 0.1) is 11.5 Å². The number of carbonyl (C=O) groups is 1. The lowest BCUT2D eigenvalue weighted by Gasteiger charge is -2.24. The molecule has 0 spiro atoms. The summed E-state index contributed by atoms with van der Waals surface area (Å²) in [5, 5.41) is 0. The van der Waals surface area contributed by atoms with Crippen LogP contribution in [0, 0.1) is 0 Å². The number of benzene rings is 1. The fourth-order valence-corrected chi connectivity index (χ4v) is 3.86. The van der Waals surface area contributed by atoms with Crippen LogP contribution >= 0.6 is 0 Å². The summed E-state index contributed by atoms with van der Waals surface area (Å²) < 4.78 is 23.3. The van der Waals surface area contributed by atoms with E-state index < -0.39 is 9.84 Å². The second kappa shape index (κ2) is 6.41. The van der Waals surface area contributed by atoms with Gasteiger partial charge in [0.25, 0.3) is 5.91 Å². The van der Waals surface area contributed by atoms with Crippen molar-refractivity contribution in [2.24, 2.45) is 0 Å². The molecule has 1 fully saturated rings. The molecule has 122 valence electrons. The Balaban J connectivity index is 2.13. The van der Waals surface area contributed by atoms with Crippen molar-refractivity contribution < 1.29 is 13.2 Å². The van der Waals surface area contributed by atoms with Crippen LogP contribution in [0.2, 0.25) is 0 Å². The molecule has 1 saturated heterocycles. The second-order valence-corrected chi connectivity index (χ2v) is 8.92. The maximum absolute atomic E-state index is 12.5. The minimum absolute atomic E-state index is 0.0691. The van der Waals surface area contributed by atoms with Crippen molar-refractivity contribution in [3.8, 4) is 0 Å². The topological polar surface area (TPSA) is 54.5 Å². The van der Waals surface area contributed by atoms with Gasteiger partial charge in [0.15, 0.2) is 9.84 Å². The first-order chi connectivity index (χ1) is 10.2. The van der Waals surface area contributed by atoms with Gasteiger partial charge in [-0.05, 0) is 36.0 Å². The number of rotatable bonds is 3. The van der Waals surface area contributed by atoms with Crippen molar-refractivity contribution in [1.29, 1.82) is 0 Å². The molecule has 0 aromatic heterocycles. The summed E-state index contributed by atoms with van der Waals surface area (Å²) in [6, 6.07) is 7.72. The van der Waals surface area contributed by atoms with Crippen molar-refractivity contribution in [1.82, 2.24) is 4.90 Å². The van der Waals surface area contributed by atoms with E-state index >= 15 is 0 Å². The highest BCUT2D eigenvalue weighted by molar-refractivity contribution is 7.91. The highest BCUT2D eigenvalue weighted by atomic mass is 32.2. The highest BCUT2D eigenvalue weighted by Gasteiger charge is 2.24. The molecule has 2 rings (SSSR count). The van der Waals surface area contributed by atoms with Gasteiger partial charge < -0.3 is 4.90 Å². The smallest absolute Gasteiger partial charge is 0.253 e. The molecule has 1 amide bonds. The minimum Gasteiger partial charge on any atom is -0.338 e. The zero-order valence-electron chi connectivity index (χ0n) is 13.6. The van der Waals surface area contributed by atoms with E-state index in [4.69, 9.17) is 0 Å². The summed E-state index contributed by atoms with van der Waals surface area (Å²) in [6.45, 7) is 7.33. The maximum Gasteiger partial charge on any atom is 0.253 e. The molecule has 22 heavy (non-hydrogen) atoms. The maximum atomic E-state index is 12.5. The fourth-order valence-electron chi connectivity index (χ4n) is 2.59. The molecule has 1 heterocycles. The highest BCUT2D eigenvalue weighted by Crippen LogP contribution is 2.26. The summed E-state index contributed by atoms with van der Waals surface area (Å²) in [4.78, 5) is 14.2. The van der Waals surface area contributed by atoms with Crippen molar-refractivity contribution in [3.05, 3.63) is 35.4 Å².